The maximum atomic E-state index is 13.6. The lowest BCUT2D eigenvalue weighted by atomic mass is 10.1. The SMILES string of the molecule is C[C@@H](NC(=O)C[NH+](C)CC(=O)Nc1ccc(F)c(F)c1F)c1ccccc1. The Balaban J connectivity index is 1.84. The van der Waals surface area contributed by atoms with Crippen LogP contribution in [0.2, 0.25) is 0 Å². The van der Waals surface area contributed by atoms with Crippen molar-refractivity contribution in [1.82, 2.24) is 5.32 Å². The molecule has 2 atom stereocenters. The van der Waals surface area contributed by atoms with Gasteiger partial charge in [-0.25, -0.2) is 13.2 Å². The normalized spacial score (nSPS) is 12.9. The van der Waals surface area contributed by atoms with Crippen molar-refractivity contribution in [3.8, 4) is 0 Å². The second-order valence-electron chi connectivity index (χ2n) is 6.28. The molecule has 0 fully saturated rings. The lowest BCUT2D eigenvalue weighted by Crippen LogP contribution is -3.11. The lowest BCUT2D eigenvalue weighted by molar-refractivity contribution is -0.862. The Bertz CT molecular complexity index is 815. The summed E-state index contributed by atoms with van der Waals surface area (Å²) in [5.41, 5.74) is 0.504. The number of carbonyl (C=O) groups is 2. The fraction of sp³-hybridized carbons (Fsp3) is 0.263. The van der Waals surface area contributed by atoms with E-state index in [1.54, 1.807) is 7.05 Å². The van der Waals surface area contributed by atoms with Crippen LogP contribution in [0, 0.1) is 17.5 Å². The van der Waals surface area contributed by atoms with E-state index in [0.29, 0.717) is 4.90 Å². The molecule has 0 radical (unpaired) electrons. The molecule has 0 aliphatic carbocycles. The van der Waals surface area contributed by atoms with Crippen molar-refractivity contribution in [3.63, 3.8) is 0 Å². The minimum atomic E-state index is -1.65. The zero-order valence-electron chi connectivity index (χ0n) is 15.0. The summed E-state index contributed by atoms with van der Waals surface area (Å²) in [5, 5.41) is 5.01. The Labute approximate surface area is 155 Å². The third-order valence-corrected chi connectivity index (χ3v) is 3.91. The van der Waals surface area contributed by atoms with Crippen LogP contribution in [-0.4, -0.2) is 32.0 Å². The van der Waals surface area contributed by atoms with Crippen LogP contribution in [0.3, 0.4) is 0 Å². The fourth-order valence-corrected chi connectivity index (χ4v) is 2.55. The number of benzene rings is 2. The minimum absolute atomic E-state index is 0.0187. The van der Waals surface area contributed by atoms with Crippen molar-refractivity contribution < 1.29 is 27.7 Å². The average Bonchev–Trinajstić information content (AvgIpc) is 2.62. The molecular formula is C19H21F3N3O2+. The zero-order chi connectivity index (χ0) is 20.0. The lowest BCUT2D eigenvalue weighted by Gasteiger charge is -2.17. The first kappa shape index (κ1) is 20.4. The quantitative estimate of drug-likeness (QED) is 0.637. The van der Waals surface area contributed by atoms with Gasteiger partial charge in [0.05, 0.1) is 18.8 Å². The average molecular weight is 380 g/mol. The minimum Gasteiger partial charge on any atom is -0.345 e. The van der Waals surface area contributed by atoms with Gasteiger partial charge in [-0.15, -0.1) is 0 Å². The third kappa shape index (κ3) is 5.82. The first-order chi connectivity index (χ1) is 12.8. The third-order valence-electron chi connectivity index (χ3n) is 3.91. The molecular weight excluding hydrogens is 359 g/mol. The summed E-state index contributed by atoms with van der Waals surface area (Å²) in [6, 6.07) is 10.9. The second-order valence-corrected chi connectivity index (χ2v) is 6.28. The molecule has 1 unspecified atom stereocenters. The highest BCUT2D eigenvalue weighted by atomic mass is 19.2. The van der Waals surface area contributed by atoms with Crippen LogP contribution in [0.25, 0.3) is 0 Å². The van der Waals surface area contributed by atoms with E-state index in [2.05, 4.69) is 10.6 Å². The molecule has 8 heteroatoms. The maximum absolute atomic E-state index is 13.6. The van der Waals surface area contributed by atoms with Gasteiger partial charge >= 0.3 is 0 Å². The van der Waals surface area contributed by atoms with Crippen molar-refractivity contribution in [3.05, 3.63) is 65.5 Å². The van der Waals surface area contributed by atoms with E-state index in [4.69, 9.17) is 0 Å². The first-order valence-corrected chi connectivity index (χ1v) is 8.37. The van der Waals surface area contributed by atoms with Gasteiger partial charge in [0.2, 0.25) is 0 Å². The second kappa shape index (κ2) is 9.18. The molecule has 2 rings (SSSR count). The summed E-state index contributed by atoms with van der Waals surface area (Å²) < 4.78 is 39.7. The Morgan fingerprint density at radius 2 is 1.59 bits per heavy atom. The zero-order valence-corrected chi connectivity index (χ0v) is 15.0. The predicted molar refractivity (Wildman–Crippen MR) is 94.6 cm³/mol. The Morgan fingerprint density at radius 1 is 0.963 bits per heavy atom. The number of halogens is 3. The van der Waals surface area contributed by atoms with E-state index in [9.17, 15) is 22.8 Å². The van der Waals surface area contributed by atoms with Gasteiger partial charge in [-0.3, -0.25) is 9.59 Å². The highest BCUT2D eigenvalue weighted by Crippen LogP contribution is 2.19. The largest absolute Gasteiger partial charge is 0.345 e. The highest BCUT2D eigenvalue weighted by molar-refractivity contribution is 5.91. The number of carbonyl (C=O) groups excluding carboxylic acids is 2. The molecule has 0 heterocycles. The van der Waals surface area contributed by atoms with Gasteiger partial charge in [0.15, 0.2) is 30.5 Å². The van der Waals surface area contributed by atoms with Gasteiger partial charge in [0.1, 0.15) is 0 Å². The highest BCUT2D eigenvalue weighted by Gasteiger charge is 2.19. The number of likely N-dealkylation sites (N-methyl/N-ethyl adjacent to an activating group) is 1. The topological polar surface area (TPSA) is 62.6 Å². The molecule has 5 nitrogen and oxygen atoms in total. The van der Waals surface area contributed by atoms with Crippen molar-refractivity contribution in [2.75, 3.05) is 25.5 Å². The van der Waals surface area contributed by atoms with Crippen LogP contribution in [0.4, 0.5) is 18.9 Å². The van der Waals surface area contributed by atoms with Crippen molar-refractivity contribution >= 4 is 17.5 Å². The van der Waals surface area contributed by atoms with Gasteiger partial charge in [-0.2, -0.15) is 0 Å². The molecule has 2 aromatic rings. The van der Waals surface area contributed by atoms with E-state index in [0.717, 1.165) is 17.7 Å². The Morgan fingerprint density at radius 3 is 2.26 bits per heavy atom. The summed E-state index contributed by atoms with van der Waals surface area (Å²) in [6.45, 7) is 1.72. The standard InChI is InChI=1S/C19H20F3N3O2/c1-12(13-6-4-3-5-7-13)23-16(26)10-25(2)11-17(27)24-15-9-8-14(20)18(21)19(15)22/h3-9,12H,10-11H2,1-2H3,(H,23,26)(H,24,27)/p+1/t12-/m1/s1. The van der Waals surface area contributed by atoms with Gasteiger partial charge in [0, 0.05) is 0 Å². The van der Waals surface area contributed by atoms with E-state index in [-0.39, 0.29) is 25.0 Å². The summed E-state index contributed by atoms with van der Waals surface area (Å²) in [6.07, 6.45) is 0. The molecule has 0 aromatic heterocycles. The summed E-state index contributed by atoms with van der Waals surface area (Å²) in [5.74, 6) is -5.33. The van der Waals surface area contributed by atoms with Crippen molar-refractivity contribution in [1.29, 1.82) is 0 Å². The van der Waals surface area contributed by atoms with Gasteiger partial charge < -0.3 is 15.5 Å². The van der Waals surface area contributed by atoms with E-state index in [1.165, 1.54) is 0 Å². The van der Waals surface area contributed by atoms with E-state index in [1.807, 2.05) is 37.3 Å². The van der Waals surface area contributed by atoms with E-state index >= 15 is 0 Å². The Hall–Kier alpha value is -2.87. The predicted octanol–water partition coefficient (Wildman–Crippen LogP) is 1.43. The van der Waals surface area contributed by atoms with Crippen LogP contribution in [0.15, 0.2) is 42.5 Å². The molecule has 2 aromatic carbocycles. The van der Waals surface area contributed by atoms with Crippen LogP contribution >= 0.6 is 0 Å². The van der Waals surface area contributed by atoms with E-state index < -0.39 is 29.0 Å². The van der Waals surface area contributed by atoms with Gasteiger partial charge in [0.25, 0.3) is 11.8 Å². The number of hydrogen-bond donors (Lipinski definition) is 3. The molecule has 0 saturated heterocycles. The summed E-state index contributed by atoms with van der Waals surface area (Å²) >= 11 is 0. The monoisotopic (exact) mass is 380 g/mol. The van der Waals surface area contributed by atoms with Crippen LogP contribution < -0.4 is 15.5 Å². The van der Waals surface area contributed by atoms with Crippen LogP contribution in [-0.2, 0) is 9.59 Å². The molecule has 0 bridgehead atoms. The number of quaternary nitrogens is 1. The molecule has 144 valence electrons. The molecule has 27 heavy (non-hydrogen) atoms. The number of amides is 2. The smallest absolute Gasteiger partial charge is 0.279 e. The number of hydrogen-bond acceptors (Lipinski definition) is 2. The van der Waals surface area contributed by atoms with Crippen LogP contribution in [0.5, 0.6) is 0 Å². The molecule has 0 saturated carbocycles. The Kier molecular flexibility index (Phi) is 6.95. The molecule has 0 aliphatic heterocycles. The van der Waals surface area contributed by atoms with Crippen molar-refractivity contribution in [2.24, 2.45) is 0 Å². The molecule has 0 aliphatic rings. The molecule has 2 amide bonds. The van der Waals surface area contributed by atoms with Gasteiger partial charge in [-0.1, -0.05) is 30.3 Å². The molecule has 3 N–H and O–H groups in total. The first-order valence-electron chi connectivity index (χ1n) is 8.37. The fourth-order valence-electron chi connectivity index (χ4n) is 2.55. The molecule has 0 spiro atoms. The van der Waals surface area contributed by atoms with Crippen molar-refractivity contribution in [2.45, 2.75) is 13.0 Å². The number of rotatable bonds is 7. The van der Waals surface area contributed by atoms with Crippen LogP contribution in [0.1, 0.15) is 18.5 Å². The number of anilines is 1. The maximum Gasteiger partial charge on any atom is 0.279 e. The summed E-state index contributed by atoms with van der Waals surface area (Å²) in [4.78, 5) is 24.6. The van der Waals surface area contributed by atoms with Gasteiger partial charge in [-0.05, 0) is 24.6 Å². The number of nitrogens with one attached hydrogen (secondary N) is 3. The summed E-state index contributed by atoms with van der Waals surface area (Å²) in [7, 11) is 1.62.